The van der Waals surface area contributed by atoms with Gasteiger partial charge in [-0.15, -0.1) is 11.6 Å². The van der Waals surface area contributed by atoms with Gasteiger partial charge in [0.1, 0.15) is 11.6 Å². The Labute approximate surface area is 127 Å². The molecule has 0 amide bonds. The van der Waals surface area contributed by atoms with Crippen molar-refractivity contribution in [1.82, 2.24) is 4.98 Å². The van der Waals surface area contributed by atoms with Crippen LogP contribution in [-0.2, 0) is 32.7 Å². The van der Waals surface area contributed by atoms with Crippen LogP contribution in [-0.4, -0.2) is 18.2 Å². The fourth-order valence-electron chi connectivity index (χ4n) is 1.08. The van der Waals surface area contributed by atoms with Crippen LogP contribution in [0.5, 0.6) is 5.88 Å². The van der Waals surface area contributed by atoms with Gasteiger partial charge in [-0.2, -0.15) is 6.07 Å². The molecule has 17 heavy (non-hydrogen) atoms. The van der Waals surface area contributed by atoms with Gasteiger partial charge in [0.25, 0.3) is 0 Å². The molecular formula is C12H16N3OY-. The summed E-state index contributed by atoms with van der Waals surface area (Å²) < 4.78 is 5.38. The van der Waals surface area contributed by atoms with E-state index in [1.54, 1.807) is 19.3 Å². The second kappa shape index (κ2) is 8.37. The van der Waals surface area contributed by atoms with Gasteiger partial charge in [-0.25, -0.2) is 0 Å². The van der Waals surface area contributed by atoms with Crippen LogP contribution in [0.15, 0.2) is 29.2 Å². The van der Waals surface area contributed by atoms with E-state index in [1.165, 1.54) is 12.4 Å². The third-order valence-electron chi connectivity index (χ3n) is 1.96. The third kappa shape index (κ3) is 5.42. The summed E-state index contributed by atoms with van der Waals surface area (Å²) in [5.41, 5.74) is 6.42. The van der Waals surface area contributed by atoms with Crippen molar-refractivity contribution in [2.45, 2.75) is 19.8 Å². The predicted octanol–water partition coefficient (Wildman–Crippen LogP) is 1.88. The maximum atomic E-state index is 5.38. The second-order valence-electron chi connectivity index (χ2n) is 3.55. The number of hydrogen-bond donors (Lipinski definition) is 1. The van der Waals surface area contributed by atoms with Crippen molar-refractivity contribution >= 4 is 6.21 Å². The predicted molar refractivity (Wildman–Crippen MR) is 64.5 cm³/mol. The van der Waals surface area contributed by atoms with Crippen LogP contribution in [0.4, 0.5) is 0 Å². The first-order chi connectivity index (χ1) is 7.67. The molecule has 0 fully saturated rings. The van der Waals surface area contributed by atoms with E-state index in [9.17, 15) is 0 Å². The summed E-state index contributed by atoms with van der Waals surface area (Å²) in [6.45, 7) is 4.17. The van der Waals surface area contributed by atoms with Gasteiger partial charge in [-0.3, -0.25) is 4.99 Å². The summed E-state index contributed by atoms with van der Waals surface area (Å²) in [6, 6.07) is 4.80. The molecule has 1 radical (unpaired) electrons. The molecule has 0 saturated heterocycles. The molecule has 0 atom stereocenters. The number of ether oxygens (including phenoxy) is 1. The smallest absolute Gasteiger partial charge is 0.146 e. The van der Waals surface area contributed by atoms with Gasteiger partial charge in [0.15, 0.2) is 0 Å². The SMILES string of the molecule is CN=C/C(=C\N)Oc1c[c-]c(C(C)C)cn1.[Y]. The van der Waals surface area contributed by atoms with E-state index in [-0.39, 0.29) is 32.7 Å². The van der Waals surface area contributed by atoms with E-state index in [1.807, 2.05) is 0 Å². The van der Waals surface area contributed by atoms with Crippen molar-refractivity contribution < 1.29 is 37.4 Å². The molecule has 0 spiro atoms. The summed E-state index contributed by atoms with van der Waals surface area (Å²) in [6.07, 6.45) is 4.61. The second-order valence-corrected chi connectivity index (χ2v) is 3.55. The molecule has 0 bridgehead atoms. The Morgan fingerprint density at radius 1 is 1.59 bits per heavy atom. The van der Waals surface area contributed by atoms with Crippen LogP contribution in [0.25, 0.3) is 0 Å². The summed E-state index contributed by atoms with van der Waals surface area (Å²) in [5, 5.41) is 0. The third-order valence-corrected chi connectivity index (χ3v) is 1.96. The normalized spacial score (nSPS) is 11.6. The Bertz CT molecular complexity index is 385. The molecule has 0 aliphatic heterocycles. The molecular weight excluding hydrogens is 291 g/mol. The molecule has 2 N–H and O–H groups in total. The van der Waals surface area contributed by atoms with Gasteiger partial charge < -0.3 is 15.5 Å². The van der Waals surface area contributed by atoms with Crippen LogP contribution < -0.4 is 10.5 Å². The van der Waals surface area contributed by atoms with E-state index in [0.717, 1.165) is 5.56 Å². The monoisotopic (exact) mass is 307 g/mol. The summed E-state index contributed by atoms with van der Waals surface area (Å²) in [7, 11) is 1.65. The van der Waals surface area contributed by atoms with Gasteiger partial charge in [0.05, 0.1) is 6.21 Å². The van der Waals surface area contributed by atoms with Crippen molar-refractivity contribution in [2.24, 2.45) is 10.7 Å². The van der Waals surface area contributed by atoms with Crippen LogP contribution in [0, 0.1) is 6.07 Å². The first kappa shape index (κ1) is 16.3. The molecule has 1 heterocycles. The van der Waals surface area contributed by atoms with Gasteiger partial charge in [0.2, 0.25) is 0 Å². The number of pyridine rings is 1. The molecule has 4 nitrogen and oxygen atoms in total. The molecule has 1 aromatic rings. The van der Waals surface area contributed by atoms with Crippen molar-refractivity contribution in [3.8, 4) is 5.88 Å². The average Bonchev–Trinajstić information content (AvgIpc) is 2.29. The molecule has 1 aromatic heterocycles. The Kier molecular flexibility index (Phi) is 8.01. The standard InChI is InChI=1S/C12H16N3O.Y/c1-9(2)10-4-5-12(15-7-10)16-11(6-13)8-14-3;/h5-9H,13H2,1-3H3;/q-1;/b11-6+,14-8?;. The van der Waals surface area contributed by atoms with Crippen LogP contribution >= 0.6 is 0 Å². The summed E-state index contributed by atoms with van der Waals surface area (Å²) in [5.74, 6) is 1.32. The fourth-order valence-corrected chi connectivity index (χ4v) is 1.08. The number of aliphatic imine (C=N–C) groups is 1. The Morgan fingerprint density at radius 2 is 2.29 bits per heavy atom. The zero-order chi connectivity index (χ0) is 12.0. The van der Waals surface area contributed by atoms with Gasteiger partial charge in [-0.05, 0) is 5.92 Å². The maximum absolute atomic E-state index is 5.38. The van der Waals surface area contributed by atoms with E-state index in [2.05, 4.69) is 29.9 Å². The van der Waals surface area contributed by atoms with Crippen molar-refractivity contribution in [3.05, 3.63) is 35.9 Å². The summed E-state index contributed by atoms with van der Waals surface area (Å²) in [4.78, 5) is 7.97. The Morgan fingerprint density at radius 3 is 2.71 bits per heavy atom. The van der Waals surface area contributed by atoms with Gasteiger partial charge >= 0.3 is 0 Å². The number of rotatable bonds is 4. The number of allylic oxidation sites excluding steroid dienone is 1. The quantitative estimate of drug-likeness (QED) is 0.525. The largest absolute Gasteiger partial charge is 0.496 e. The number of aromatic nitrogens is 1. The van der Waals surface area contributed by atoms with Gasteiger partial charge in [-0.1, -0.05) is 20.0 Å². The molecule has 0 aromatic carbocycles. The molecule has 0 saturated carbocycles. The average molecular weight is 307 g/mol. The molecule has 5 heteroatoms. The number of hydrogen-bond acceptors (Lipinski definition) is 4. The minimum absolute atomic E-state index is 0. The van der Waals surface area contributed by atoms with E-state index >= 15 is 0 Å². The molecule has 89 valence electrons. The van der Waals surface area contributed by atoms with Gasteiger partial charge in [0, 0.05) is 46.0 Å². The van der Waals surface area contributed by atoms with Crippen LogP contribution in [0.1, 0.15) is 25.3 Å². The molecule has 1 rings (SSSR count). The first-order valence-corrected chi connectivity index (χ1v) is 5.07. The zero-order valence-electron chi connectivity index (χ0n) is 10.3. The first-order valence-electron chi connectivity index (χ1n) is 5.07. The zero-order valence-corrected chi connectivity index (χ0v) is 13.2. The van der Waals surface area contributed by atoms with E-state index in [0.29, 0.717) is 17.6 Å². The van der Waals surface area contributed by atoms with E-state index < -0.39 is 0 Å². The summed E-state index contributed by atoms with van der Waals surface area (Å²) >= 11 is 0. The number of nitrogens with two attached hydrogens (primary N) is 1. The van der Waals surface area contributed by atoms with Crippen LogP contribution in [0.2, 0.25) is 0 Å². The Hall–Kier alpha value is -0.736. The van der Waals surface area contributed by atoms with Crippen molar-refractivity contribution in [3.63, 3.8) is 0 Å². The minimum Gasteiger partial charge on any atom is -0.496 e. The molecule has 0 aliphatic rings. The fraction of sp³-hybridized carbons (Fsp3) is 0.333. The molecule has 0 unspecified atom stereocenters. The van der Waals surface area contributed by atoms with E-state index in [4.69, 9.17) is 10.5 Å². The van der Waals surface area contributed by atoms with Crippen LogP contribution in [0.3, 0.4) is 0 Å². The molecule has 0 aliphatic carbocycles. The number of nitrogens with zero attached hydrogens (tertiary/aromatic N) is 2. The topological polar surface area (TPSA) is 60.5 Å². The minimum atomic E-state index is 0. The van der Waals surface area contributed by atoms with Crippen molar-refractivity contribution in [2.75, 3.05) is 7.05 Å². The maximum Gasteiger partial charge on any atom is 0.146 e. The Balaban J connectivity index is 0.00000256. The van der Waals surface area contributed by atoms with Crippen molar-refractivity contribution in [1.29, 1.82) is 0 Å².